The minimum Gasteiger partial charge on any atom is -0.486 e. The van der Waals surface area contributed by atoms with Crippen molar-refractivity contribution in [3.8, 4) is 11.5 Å². The van der Waals surface area contributed by atoms with E-state index in [4.69, 9.17) is 15.2 Å². The minimum atomic E-state index is -0.312. The monoisotopic (exact) mass is 289 g/mol. The van der Waals surface area contributed by atoms with E-state index in [0.29, 0.717) is 41.2 Å². The van der Waals surface area contributed by atoms with Crippen LogP contribution < -0.4 is 15.2 Å². The van der Waals surface area contributed by atoms with E-state index in [9.17, 15) is 4.39 Å². The van der Waals surface area contributed by atoms with Gasteiger partial charge in [-0.15, -0.1) is 0 Å². The fourth-order valence-electron chi connectivity index (χ4n) is 1.66. The van der Waals surface area contributed by atoms with Gasteiger partial charge in [0, 0.05) is 17.7 Å². The van der Waals surface area contributed by atoms with E-state index in [1.807, 2.05) is 6.92 Å². The van der Waals surface area contributed by atoms with Crippen LogP contribution in [-0.4, -0.2) is 19.3 Å². The third-order valence-corrected chi connectivity index (χ3v) is 3.19. The lowest BCUT2D eigenvalue weighted by Crippen LogP contribution is -2.21. The second-order valence-corrected chi connectivity index (χ2v) is 4.65. The molecular weight excluding hydrogens is 277 g/mol. The molecule has 1 aliphatic rings. The predicted molar refractivity (Wildman–Crippen MR) is 62.4 cm³/mol. The largest absolute Gasteiger partial charge is 0.486 e. The van der Waals surface area contributed by atoms with Crippen LogP contribution in [0.1, 0.15) is 12.5 Å². The average molecular weight is 290 g/mol. The van der Waals surface area contributed by atoms with Gasteiger partial charge in [-0.25, -0.2) is 4.39 Å². The smallest absolute Gasteiger partial charge is 0.176 e. The summed E-state index contributed by atoms with van der Waals surface area (Å²) in [5.74, 6) is 0.709. The Morgan fingerprint density at radius 1 is 1.50 bits per heavy atom. The van der Waals surface area contributed by atoms with Gasteiger partial charge < -0.3 is 15.2 Å². The van der Waals surface area contributed by atoms with Crippen molar-refractivity contribution in [3.63, 3.8) is 0 Å². The van der Waals surface area contributed by atoms with E-state index < -0.39 is 0 Å². The molecule has 0 spiro atoms. The van der Waals surface area contributed by atoms with Gasteiger partial charge in [0.2, 0.25) is 0 Å². The predicted octanol–water partition coefficient (Wildman–Crippen LogP) is 2.25. The van der Waals surface area contributed by atoms with E-state index in [-0.39, 0.29) is 11.9 Å². The first kappa shape index (κ1) is 11.7. The van der Waals surface area contributed by atoms with E-state index in [1.165, 1.54) is 6.07 Å². The number of hydrogen-bond donors (Lipinski definition) is 1. The highest BCUT2D eigenvalue weighted by atomic mass is 79.9. The zero-order chi connectivity index (χ0) is 11.7. The normalized spacial score (nSPS) is 16.0. The Balaban J connectivity index is 2.45. The summed E-state index contributed by atoms with van der Waals surface area (Å²) in [7, 11) is 0. The van der Waals surface area contributed by atoms with Gasteiger partial charge in [-0.2, -0.15) is 0 Å². The average Bonchev–Trinajstić information content (AvgIpc) is 2.24. The first-order valence-corrected chi connectivity index (χ1v) is 5.91. The van der Waals surface area contributed by atoms with Crippen LogP contribution in [0.4, 0.5) is 4.39 Å². The molecular formula is C11H13BrFNO2. The molecule has 2 rings (SSSR count). The van der Waals surface area contributed by atoms with Crippen molar-refractivity contribution in [1.29, 1.82) is 0 Å². The summed E-state index contributed by atoms with van der Waals surface area (Å²) >= 11 is 3.35. The van der Waals surface area contributed by atoms with Crippen molar-refractivity contribution in [2.45, 2.75) is 19.4 Å². The maximum absolute atomic E-state index is 13.8. The molecule has 0 aromatic heterocycles. The van der Waals surface area contributed by atoms with Gasteiger partial charge in [0.05, 0.1) is 4.47 Å². The molecule has 16 heavy (non-hydrogen) atoms. The quantitative estimate of drug-likeness (QED) is 0.908. The van der Waals surface area contributed by atoms with Crippen LogP contribution in [0.15, 0.2) is 10.5 Å². The molecule has 2 N–H and O–H groups in total. The Kier molecular flexibility index (Phi) is 3.35. The Morgan fingerprint density at radius 2 is 2.19 bits per heavy atom. The summed E-state index contributed by atoms with van der Waals surface area (Å²) in [5, 5.41) is 0. The lowest BCUT2D eigenvalue weighted by atomic mass is 10.1. The maximum atomic E-state index is 13.8. The number of nitrogens with two attached hydrogens (primary N) is 1. The summed E-state index contributed by atoms with van der Waals surface area (Å²) in [6, 6.07) is 1.25. The van der Waals surface area contributed by atoms with Crippen molar-refractivity contribution in [2.24, 2.45) is 5.73 Å². The second-order valence-electron chi connectivity index (χ2n) is 3.86. The van der Waals surface area contributed by atoms with Gasteiger partial charge in [0.15, 0.2) is 11.5 Å². The van der Waals surface area contributed by atoms with Crippen molar-refractivity contribution in [3.05, 3.63) is 21.9 Å². The van der Waals surface area contributed by atoms with Crippen LogP contribution in [0.5, 0.6) is 11.5 Å². The summed E-state index contributed by atoms with van der Waals surface area (Å²) in [6.07, 6.45) is 0.461. The van der Waals surface area contributed by atoms with Crippen LogP contribution in [-0.2, 0) is 6.42 Å². The molecule has 1 aliphatic heterocycles. The summed E-state index contributed by atoms with van der Waals surface area (Å²) in [4.78, 5) is 0. The van der Waals surface area contributed by atoms with E-state index in [1.54, 1.807) is 0 Å². The highest BCUT2D eigenvalue weighted by Gasteiger charge is 2.22. The third kappa shape index (κ3) is 2.15. The number of ether oxygens (including phenoxy) is 2. The van der Waals surface area contributed by atoms with Crippen LogP contribution in [0.3, 0.4) is 0 Å². The van der Waals surface area contributed by atoms with Gasteiger partial charge >= 0.3 is 0 Å². The molecule has 0 aliphatic carbocycles. The van der Waals surface area contributed by atoms with Gasteiger partial charge in [0.1, 0.15) is 19.0 Å². The van der Waals surface area contributed by atoms with E-state index in [0.717, 1.165) is 0 Å². The number of rotatable bonds is 2. The molecule has 1 unspecified atom stereocenters. The van der Waals surface area contributed by atoms with Gasteiger partial charge in [0.25, 0.3) is 0 Å². The van der Waals surface area contributed by atoms with Crippen molar-refractivity contribution < 1.29 is 13.9 Å². The molecule has 1 heterocycles. The van der Waals surface area contributed by atoms with Crippen LogP contribution in [0.25, 0.3) is 0 Å². The van der Waals surface area contributed by atoms with Gasteiger partial charge in [-0.1, -0.05) is 0 Å². The Bertz CT molecular complexity index is 409. The fourth-order valence-corrected chi connectivity index (χ4v) is 2.33. The first-order chi connectivity index (χ1) is 7.59. The third-order valence-electron chi connectivity index (χ3n) is 2.35. The Labute approximate surface area is 102 Å². The minimum absolute atomic E-state index is 0.103. The Morgan fingerprint density at radius 3 is 2.88 bits per heavy atom. The van der Waals surface area contributed by atoms with Crippen molar-refractivity contribution >= 4 is 15.9 Å². The van der Waals surface area contributed by atoms with Crippen molar-refractivity contribution in [1.82, 2.24) is 0 Å². The molecule has 0 radical (unpaired) electrons. The molecule has 5 heteroatoms. The highest BCUT2D eigenvalue weighted by molar-refractivity contribution is 9.10. The molecule has 1 aromatic rings. The zero-order valence-corrected chi connectivity index (χ0v) is 10.5. The second kappa shape index (κ2) is 4.59. The lowest BCUT2D eigenvalue weighted by Gasteiger charge is -2.22. The molecule has 1 atom stereocenters. The topological polar surface area (TPSA) is 44.5 Å². The first-order valence-electron chi connectivity index (χ1n) is 5.11. The molecule has 0 saturated heterocycles. The number of fused-ring (bicyclic) bond motifs is 1. The van der Waals surface area contributed by atoms with Gasteiger partial charge in [-0.3, -0.25) is 0 Å². The molecule has 3 nitrogen and oxygen atoms in total. The molecule has 0 amide bonds. The lowest BCUT2D eigenvalue weighted by molar-refractivity contribution is 0.169. The molecule has 1 aromatic carbocycles. The molecule has 88 valence electrons. The number of benzene rings is 1. The van der Waals surface area contributed by atoms with E-state index >= 15 is 0 Å². The number of hydrogen-bond acceptors (Lipinski definition) is 3. The number of halogens is 2. The summed E-state index contributed by atoms with van der Waals surface area (Å²) in [6.45, 7) is 2.77. The standard InChI is InChI=1S/C11H13BrFNO2/c1-6(14)4-7-8(13)5-9-11(10(7)12)16-3-2-15-9/h5-6H,2-4,14H2,1H3. The summed E-state index contributed by atoms with van der Waals surface area (Å²) in [5.41, 5.74) is 6.22. The molecule has 0 fully saturated rings. The van der Waals surface area contributed by atoms with Gasteiger partial charge in [-0.05, 0) is 29.3 Å². The van der Waals surface area contributed by atoms with Crippen LogP contribution in [0, 0.1) is 5.82 Å². The SMILES string of the molecule is CC(N)Cc1c(F)cc2c(c1Br)OCCO2. The summed E-state index contributed by atoms with van der Waals surface area (Å²) < 4.78 is 25.2. The van der Waals surface area contributed by atoms with Crippen LogP contribution in [0.2, 0.25) is 0 Å². The maximum Gasteiger partial charge on any atom is 0.176 e. The van der Waals surface area contributed by atoms with E-state index in [2.05, 4.69) is 15.9 Å². The van der Waals surface area contributed by atoms with Crippen molar-refractivity contribution in [2.75, 3.05) is 13.2 Å². The van der Waals surface area contributed by atoms with Crippen LogP contribution >= 0.6 is 15.9 Å². The highest BCUT2D eigenvalue weighted by Crippen LogP contribution is 2.41. The fraction of sp³-hybridized carbons (Fsp3) is 0.455. The molecule has 0 saturated carbocycles. The zero-order valence-electron chi connectivity index (χ0n) is 8.93. The Hall–Kier alpha value is -0.810. The molecule has 0 bridgehead atoms.